The first kappa shape index (κ1) is 17.9. The van der Waals surface area contributed by atoms with Gasteiger partial charge in [0.05, 0.1) is 13.0 Å². The van der Waals surface area contributed by atoms with Crippen molar-refractivity contribution in [2.45, 2.75) is 44.4 Å². The molecule has 0 spiro atoms. The molecule has 0 amide bonds. The summed E-state index contributed by atoms with van der Waals surface area (Å²) in [6.07, 6.45) is 1.83. The molecule has 0 radical (unpaired) electrons. The number of cyclic esters (lactones) is 1. The highest BCUT2D eigenvalue weighted by Crippen LogP contribution is 2.35. The van der Waals surface area contributed by atoms with Crippen molar-refractivity contribution in [2.24, 2.45) is 0 Å². The maximum Gasteiger partial charge on any atom is 0.316 e. The van der Waals surface area contributed by atoms with Crippen LogP contribution in [0, 0.1) is 0 Å². The number of ether oxygens (including phenoxy) is 3. The Balaban J connectivity index is 1.54. The largest absolute Gasteiger partial charge is 0.493 e. The molecule has 1 atom stereocenters. The summed E-state index contributed by atoms with van der Waals surface area (Å²) in [4.78, 5) is 12.4. The Bertz CT molecular complexity index is 836. The van der Waals surface area contributed by atoms with E-state index in [2.05, 4.69) is 29.6 Å². The van der Waals surface area contributed by atoms with E-state index in [-0.39, 0.29) is 18.0 Å². The lowest BCUT2D eigenvalue weighted by atomic mass is 9.96. The van der Waals surface area contributed by atoms with Gasteiger partial charge in [-0.3, -0.25) is 10.1 Å². The molecule has 5 nitrogen and oxygen atoms in total. The van der Waals surface area contributed by atoms with E-state index in [9.17, 15) is 4.79 Å². The predicted molar refractivity (Wildman–Crippen MR) is 102 cm³/mol. The molecule has 1 fully saturated rings. The average molecular weight is 367 g/mol. The number of esters is 1. The molecule has 2 aromatic rings. The van der Waals surface area contributed by atoms with Crippen molar-refractivity contribution in [3.05, 3.63) is 59.2 Å². The molecule has 27 heavy (non-hydrogen) atoms. The standard InChI is InChI=1S/C22H25NO4/c1-22(2)23-13-18(21(24)27-22)16-8-9-19(25-3)20(12-16)26-17-10-14-6-4-5-7-15(14)11-17/h4-9,12,17-18,23H,10-11,13H2,1-3H3. The minimum absolute atomic E-state index is 0.0712. The Morgan fingerprint density at radius 2 is 1.78 bits per heavy atom. The first-order valence-electron chi connectivity index (χ1n) is 9.34. The number of nitrogens with one attached hydrogen (secondary N) is 1. The molecule has 142 valence electrons. The third kappa shape index (κ3) is 3.65. The quantitative estimate of drug-likeness (QED) is 0.841. The fourth-order valence-corrected chi connectivity index (χ4v) is 3.83. The summed E-state index contributed by atoms with van der Waals surface area (Å²) in [5, 5.41) is 3.26. The minimum atomic E-state index is -0.630. The van der Waals surface area contributed by atoms with Gasteiger partial charge >= 0.3 is 5.97 Å². The highest BCUT2D eigenvalue weighted by molar-refractivity contribution is 5.80. The first-order valence-corrected chi connectivity index (χ1v) is 9.34. The number of rotatable bonds is 4. The van der Waals surface area contributed by atoms with Crippen LogP contribution in [0.3, 0.4) is 0 Å². The molecular formula is C22H25NO4. The zero-order valence-electron chi connectivity index (χ0n) is 16.0. The fraction of sp³-hybridized carbons (Fsp3) is 0.409. The lowest BCUT2D eigenvalue weighted by molar-refractivity contribution is -0.168. The van der Waals surface area contributed by atoms with E-state index in [1.807, 2.05) is 32.0 Å². The number of carbonyl (C=O) groups excluding carboxylic acids is 1. The molecule has 4 rings (SSSR count). The third-order valence-electron chi connectivity index (χ3n) is 5.27. The van der Waals surface area contributed by atoms with E-state index < -0.39 is 5.72 Å². The van der Waals surface area contributed by atoms with Crippen LogP contribution < -0.4 is 14.8 Å². The van der Waals surface area contributed by atoms with Gasteiger partial charge in [0.25, 0.3) is 0 Å². The van der Waals surface area contributed by atoms with Gasteiger partial charge in [0.1, 0.15) is 6.10 Å². The maximum atomic E-state index is 12.4. The number of fused-ring (bicyclic) bond motifs is 1. The summed E-state index contributed by atoms with van der Waals surface area (Å²) in [7, 11) is 1.63. The van der Waals surface area contributed by atoms with Gasteiger partial charge in [-0.25, -0.2) is 0 Å². The molecule has 1 heterocycles. The van der Waals surface area contributed by atoms with E-state index in [1.165, 1.54) is 11.1 Å². The molecule has 2 aliphatic rings. The number of hydrogen-bond donors (Lipinski definition) is 1. The second-order valence-corrected chi connectivity index (χ2v) is 7.69. The van der Waals surface area contributed by atoms with Crippen molar-refractivity contribution < 1.29 is 19.0 Å². The van der Waals surface area contributed by atoms with Gasteiger partial charge in [-0.15, -0.1) is 0 Å². The summed E-state index contributed by atoms with van der Waals surface area (Å²) in [5.41, 5.74) is 2.91. The smallest absolute Gasteiger partial charge is 0.316 e. The van der Waals surface area contributed by atoms with Gasteiger partial charge in [0.2, 0.25) is 0 Å². The third-order valence-corrected chi connectivity index (χ3v) is 5.27. The van der Waals surface area contributed by atoms with E-state index in [0.29, 0.717) is 18.0 Å². The van der Waals surface area contributed by atoms with E-state index in [4.69, 9.17) is 14.2 Å². The van der Waals surface area contributed by atoms with Crippen LogP contribution in [0.1, 0.15) is 36.5 Å². The number of methoxy groups -OCH3 is 1. The van der Waals surface area contributed by atoms with Crippen molar-refractivity contribution in [3.63, 3.8) is 0 Å². The molecule has 0 saturated carbocycles. The molecule has 1 aliphatic heterocycles. The van der Waals surface area contributed by atoms with Crippen molar-refractivity contribution in [1.82, 2.24) is 5.32 Å². The van der Waals surface area contributed by atoms with Gasteiger partial charge in [-0.05, 0) is 42.7 Å². The summed E-state index contributed by atoms with van der Waals surface area (Å²) in [6.45, 7) is 4.23. The summed E-state index contributed by atoms with van der Waals surface area (Å²) >= 11 is 0. The highest BCUT2D eigenvalue weighted by Gasteiger charge is 2.36. The fourth-order valence-electron chi connectivity index (χ4n) is 3.83. The van der Waals surface area contributed by atoms with Crippen molar-refractivity contribution in [1.29, 1.82) is 0 Å². The molecule has 1 aliphatic carbocycles. The van der Waals surface area contributed by atoms with Crippen LogP contribution in [0.15, 0.2) is 42.5 Å². The van der Waals surface area contributed by atoms with E-state index >= 15 is 0 Å². The summed E-state index contributed by atoms with van der Waals surface area (Å²) < 4.78 is 17.3. The van der Waals surface area contributed by atoms with Crippen LogP contribution in [0.2, 0.25) is 0 Å². The van der Waals surface area contributed by atoms with Crippen LogP contribution in [0.5, 0.6) is 11.5 Å². The normalized spacial score (nSPS) is 21.4. The molecule has 5 heteroatoms. The minimum Gasteiger partial charge on any atom is -0.493 e. The molecule has 0 aromatic heterocycles. The van der Waals surface area contributed by atoms with E-state index in [0.717, 1.165) is 18.4 Å². The Morgan fingerprint density at radius 1 is 1.07 bits per heavy atom. The molecule has 0 bridgehead atoms. The number of hydrogen-bond acceptors (Lipinski definition) is 5. The second kappa shape index (κ2) is 6.89. The molecule has 1 unspecified atom stereocenters. The highest BCUT2D eigenvalue weighted by atomic mass is 16.6. The van der Waals surface area contributed by atoms with Gasteiger partial charge in [0.15, 0.2) is 17.2 Å². The van der Waals surface area contributed by atoms with Gasteiger partial charge < -0.3 is 14.2 Å². The Labute approximate surface area is 159 Å². The maximum absolute atomic E-state index is 12.4. The van der Waals surface area contributed by atoms with Crippen molar-refractivity contribution in [3.8, 4) is 11.5 Å². The van der Waals surface area contributed by atoms with Crippen LogP contribution in [0.25, 0.3) is 0 Å². The predicted octanol–water partition coefficient (Wildman–Crippen LogP) is 3.21. The van der Waals surface area contributed by atoms with Crippen LogP contribution in [0.4, 0.5) is 0 Å². The van der Waals surface area contributed by atoms with Crippen LogP contribution >= 0.6 is 0 Å². The monoisotopic (exact) mass is 367 g/mol. The second-order valence-electron chi connectivity index (χ2n) is 7.69. The number of benzene rings is 2. The van der Waals surface area contributed by atoms with Gasteiger partial charge in [0, 0.05) is 19.4 Å². The van der Waals surface area contributed by atoms with Crippen LogP contribution in [-0.2, 0) is 22.4 Å². The zero-order valence-corrected chi connectivity index (χ0v) is 16.0. The topological polar surface area (TPSA) is 56.8 Å². The number of carbonyl (C=O) groups is 1. The molecule has 1 N–H and O–H groups in total. The van der Waals surface area contributed by atoms with Gasteiger partial charge in [-0.2, -0.15) is 0 Å². The lowest BCUT2D eigenvalue weighted by Gasteiger charge is -2.35. The summed E-state index contributed by atoms with van der Waals surface area (Å²) in [6, 6.07) is 14.1. The summed E-state index contributed by atoms with van der Waals surface area (Å²) in [5.74, 6) is 0.771. The Hall–Kier alpha value is -2.53. The van der Waals surface area contributed by atoms with Crippen molar-refractivity contribution >= 4 is 5.97 Å². The lowest BCUT2D eigenvalue weighted by Crippen LogP contribution is -2.52. The van der Waals surface area contributed by atoms with Crippen LogP contribution in [-0.4, -0.2) is 31.5 Å². The average Bonchev–Trinajstić information content (AvgIpc) is 3.03. The first-order chi connectivity index (χ1) is 12.9. The molecular weight excluding hydrogens is 342 g/mol. The SMILES string of the molecule is COc1ccc(C2CNC(C)(C)OC2=O)cc1OC1Cc2ccccc2C1. The van der Waals surface area contributed by atoms with E-state index in [1.54, 1.807) is 7.11 Å². The molecule has 1 saturated heterocycles. The van der Waals surface area contributed by atoms with Crippen molar-refractivity contribution in [2.75, 3.05) is 13.7 Å². The molecule has 2 aromatic carbocycles. The Morgan fingerprint density at radius 3 is 2.41 bits per heavy atom. The Kier molecular flexibility index (Phi) is 4.56. The zero-order chi connectivity index (χ0) is 19.0. The van der Waals surface area contributed by atoms with Gasteiger partial charge in [-0.1, -0.05) is 30.3 Å².